The summed E-state index contributed by atoms with van der Waals surface area (Å²) in [5.41, 5.74) is 1.53. The van der Waals surface area contributed by atoms with Crippen LogP contribution >= 0.6 is 0 Å². The zero-order valence-corrected chi connectivity index (χ0v) is 30.0. The van der Waals surface area contributed by atoms with Crippen molar-refractivity contribution in [2.45, 2.75) is 56.5 Å². The van der Waals surface area contributed by atoms with Crippen LogP contribution in [0.1, 0.15) is 49.9 Å². The van der Waals surface area contributed by atoms with E-state index in [0.717, 1.165) is 24.3 Å². The largest absolute Gasteiger partial charge is 0.463 e. The van der Waals surface area contributed by atoms with Crippen molar-refractivity contribution in [2.75, 3.05) is 42.6 Å². The molecular weight excluding hydrogens is 672 g/mol. The lowest BCUT2D eigenvalue weighted by atomic mass is 9.74. The third-order valence-electron chi connectivity index (χ3n) is 11.0. The van der Waals surface area contributed by atoms with Gasteiger partial charge >= 0.3 is 5.97 Å². The van der Waals surface area contributed by atoms with E-state index in [-0.39, 0.29) is 19.6 Å². The molecule has 0 unspecified atom stereocenters. The van der Waals surface area contributed by atoms with E-state index >= 15 is 4.79 Å². The van der Waals surface area contributed by atoms with Gasteiger partial charge in [0.1, 0.15) is 18.2 Å². The van der Waals surface area contributed by atoms with Gasteiger partial charge in [-0.2, -0.15) is 0 Å². The van der Waals surface area contributed by atoms with Crippen LogP contribution in [0.25, 0.3) is 0 Å². The van der Waals surface area contributed by atoms with E-state index in [1.54, 1.807) is 17.1 Å². The predicted octanol–water partition coefficient (Wildman–Crippen LogP) is 4.50. The molecule has 2 saturated heterocycles. The summed E-state index contributed by atoms with van der Waals surface area (Å²) >= 11 is 0. The van der Waals surface area contributed by atoms with Crippen LogP contribution in [-0.4, -0.2) is 84.3 Å². The first kappa shape index (κ1) is 36.1. The topological polar surface area (TPSA) is 129 Å². The van der Waals surface area contributed by atoms with Gasteiger partial charge < -0.3 is 34.6 Å². The Morgan fingerprint density at radius 1 is 0.906 bits per heavy atom. The second-order valence-electron chi connectivity index (χ2n) is 13.9. The van der Waals surface area contributed by atoms with Crippen LogP contribution in [0.2, 0.25) is 0 Å². The Hall–Kier alpha value is -5.26. The van der Waals surface area contributed by atoms with Crippen molar-refractivity contribution in [3.05, 3.63) is 120 Å². The molecule has 7 atom stereocenters. The normalized spacial score (nSPS) is 28.4. The van der Waals surface area contributed by atoms with Crippen molar-refractivity contribution >= 4 is 35.1 Å². The third kappa shape index (κ3) is 6.64. The molecule has 4 heterocycles. The highest BCUT2D eigenvalue weighted by Crippen LogP contribution is 2.57. The first-order valence-corrected chi connectivity index (χ1v) is 18.5. The summed E-state index contributed by atoms with van der Waals surface area (Å²) in [6.07, 6.45) is 6.93. The number of hydrogen-bond acceptors (Lipinski definition) is 8. The second-order valence-corrected chi connectivity index (χ2v) is 13.9. The van der Waals surface area contributed by atoms with Crippen molar-refractivity contribution in [2.24, 2.45) is 11.8 Å². The number of nitrogens with zero attached hydrogens (tertiary/aromatic N) is 3. The molecule has 276 valence electrons. The molecule has 4 aliphatic heterocycles. The van der Waals surface area contributed by atoms with Crippen LogP contribution in [0.4, 0.5) is 11.4 Å². The smallest absolute Gasteiger partial charge is 0.306 e. The summed E-state index contributed by atoms with van der Waals surface area (Å²) in [5, 5.41) is 14.0. The van der Waals surface area contributed by atoms with Crippen molar-refractivity contribution in [3.8, 4) is 0 Å². The number of hydrogen-bond donors (Lipinski definition) is 2. The highest BCUT2D eigenvalue weighted by molar-refractivity contribution is 6.06. The first-order chi connectivity index (χ1) is 25.8. The standard InChI is InChI=1S/C42H46N4O7/c1-3-44(4-2)30-19-21-31(22-20-30)45-25-13-7-12-18-35(48)52-27-32(28-14-8-5-9-15-28)43-39(49)36-34-23-24-42(53-34)37(36)40(50)46(38(42)41(45)51)33(26-47)29-16-10-6-11-17-29/h5-11,13-17,19-24,32-34,36-38,47H,3-4,12,18,25-27H2,1-2H3,(H,43,49)/b13-7-/t32-,33+,34-,36+,37+,38-,42+/m0/s1. The minimum atomic E-state index is -1.48. The highest BCUT2D eigenvalue weighted by atomic mass is 16.5. The number of esters is 1. The van der Waals surface area contributed by atoms with Crippen molar-refractivity contribution in [1.82, 2.24) is 10.2 Å². The summed E-state index contributed by atoms with van der Waals surface area (Å²) in [7, 11) is 0. The molecule has 1 spiro atoms. The molecule has 0 radical (unpaired) electrons. The SMILES string of the molecule is CCN(CC)c1ccc(N2C/C=C\CCC(=O)OC[C@@H](c3ccccc3)NC(=O)[C@@H]3[C@@H]4C=C[C@]5(O4)[C@H](C2=O)N([C@H](CO)c2ccccc2)C(=O)[C@@H]35)cc1. The number of cyclic esters (lactones) is 1. The molecule has 2 N–H and O–H groups in total. The fraction of sp³-hybridized carbons (Fsp3) is 0.381. The molecule has 0 saturated carbocycles. The Balaban J connectivity index is 1.34. The number of amides is 3. The molecular formula is C42H46N4O7. The van der Waals surface area contributed by atoms with Crippen LogP contribution in [0.3, 0.4) is 0 Å². The lowest BCUT2D eigenvalue weighted by Gasteiger charge is -2.39. The van der Waals surface area contributed by atoms with E-state index < -0.39 is 72.0 Å². The molecule has 4 aliphatic rings. The summed E-state index contributed by atoms with van der Waals surface area (Å²) in [6.45, 7) is 5.40. The monoisotopic (exact) mass is 718 g/mol. The lowest BCUT2D eigenvalue weighted by Crippen LogP contribution is -2.57. The molecule has 11 heteroatoms. The van der Waals surface area contributed by atoms with Gasteiger partial charge in [0.05, 0.1) is 36.6 Å². The quantitative estimate of drug-likeness (QED) is 0.258. The van der Waals surface area contributed by atoms with Crippen LogP contribution < -0.4 is 15.1 Å². The van der Waals surface area contributed by atoms with Crippen molar-refractivity contribution in [3.63, 3.8) is 0 Å². The minimum Gasteiger partial charge on any atom is -0.463 e. The molecule has 3 aromatic rings. The number of anilines is 2. The number of carbonyl (C=O) groups excluding carboxylic acids is 4. The number of aliphatic hydroxyl groups is 1. The summed E-state index contributed by atoms with van der Waals surface area (Å²) in [6, 6.07) is 23.3. The number of ether oxygens (including phenoxy) is 2. The molecule has 7 rings (SSSR count). The number of benzene rings is 3. The number of aliphatic hydroxyl groups excluding tert-OH is 1. The maximum Gasteiger partial charge on any atom is 0.306 e. The lowest BCUT2D eigenvalue weighted by molar-refractivity contribution is -0.146. The second kappa shape index (κ2) is 15.4. The average molecular weight is 719 g/mol. The fourth-order valence-electron chi connectivity index (χ4n) is 8.38. The van der Waals surface area contributed by atoms with Gasteiger partial charge in [0.2, 0.25) is 11.8 Å². The number of fused-ring (bicyclic) bond motifs is 2. The van der Waals surface area contributed by atoms with E-state index in [1.165, 1.54) is 4.90 Å². The average Bonchev–Trinajstić information content (AvgIpc) is 3.83. The summed E-state index contributed by atoms with van der Waals surface area (Å²) in [5.74, 6) is -3.77. The van der Waals surface area contributed by atoms with Gasteiger partial charge in [-0.3, -0.25) is 19.2 Å². The number of carbonyl (C=O) groups is 4. The Kier molecular flexibility index (Phi) is 10.5. The van der Waals surface area contributed by atoms with E-state index in [0.29, 0.717) is 17.7 Å². The summed E-state index contributed by atoms with van der Waals surface area (Å²) < 4.78 is 12.3. The molecule has 0 aliphatic carbocycles. The molecule has 2 fully saturated rings. The maximum absolute atomic E-state index is 15.3. The molecule has 5 bridgehead atoms. The van der Waals surface area contributed by atoms with E-state index in [9.17, 15) is 19.5 Å². The van der Waals surface area contributed by atoms with Crippen LogP contribution in [0, 0.1) is 11.8 Å². The van der Waals surface area contributed by atoms with Gasteiger partial charge in [-0.25, -0.2) is 0 Å². The number of rotatable bonds is 8. The molecule has 3 amide bonds. The number of likely N-dealkylation sites (tertiary alicyclic amines) is 1. The number of nitrogens with one attached hydrogen (secondary N) is 1. The van der Waals surface area contributed by atoms with Gasteiger partial charge in [-0.15, -0.1) is 0 Å². The Morgan fingerprint density at radius 2 is 1.60 bits per heavy atom. The number of allylic oxidation sites excluding steroid dienone is 1. The minimum absolute atomic E-state index is 0.0960. The maximum atomic E-state index is 15.3. The zero-order chi connectivity index (χ0) is 37.1. The highest BCUT2D eigenvalue weighted by Gasteiger charge is 2.74. The van der Waals surface area contributed by atoms with Gasteiger partial charge in [-0.1, -0.05) is 85.0 Å². The predicted molar refractivity (Wildman–Crippen MR) is 200 cm³/mol. The van der Waals surface area contributed by atoms with Crippen LogP contribution in [0.5, 0.6) is 0 Å². The molecule has 11 nitrogen and oxygen atoms in total. The van der Waals surface area contributed by atoms with Gasteiger partial charge in [0.15, 0.2) is 0 Å². The van der Waals surface area contributed by atoms with Gasteiger partial charge in [0, 0.05) is 37.4 Å². The van der Waals surface area contributed by atoms with E-state index in [2.05, 4.69) is 24.1 Å². The fourth-order valence-corrected chi connectivity index (χ4v) is 8.38. The van der Waals surface area contributed by atoms with E-state index in [1.807, 2.05) is 97.1 Å². The Bertz CT molecular complexity index is 1860. The van der Waals surface area contributed by atoms with Crippen molar-refractivity contribution < 1.29 is 33.8 Å². The van der Waals surface area contributed by atoms with Crippen LogP contribution in [-0.2, 0) is 28.7 Å². The summed E-state index contributed by atoms with van der Waals surface area (Å²) in [4.78, 5) is 62.9. The van der Waals surface area contributed by atoms with Gasteiger partial charge in [-0.05, 0) is 55.7 Å². The molecule has 53 heavy (non-hydrogen) atoms. The van der Waals surface area contributed by atoms with Crippen molar-refractivity contribution in [1.29, 1.82) is 0 Å². The van der Waals surface area contributed by atoms with Crippen LogP contribution in [0.15, 0.2) is 109 Å². The van der Waals surface area contributed by atoms with Gasteiger partial charge in [0.25, 0.3) is 5.91 Å². The van der Waals surface area contributed by atoms with E-state index in [4.69, 9.17) is 9.47 Å². The molecule has 0 aromatic heterocycles. The Morgan fingerprint density at radius 3 is 2.28 bits per heavy atom. The zero-order valence-electron chi connectivity index (χ0n) is 30.0. The first-order valence-electron chi connectivity index (χ1n) is 18.5. The Labute approximate surface area is 309 Å². The third-order valence-corrected chi connectivity index (χ3v) is 11.0. The molecule has 3 aromatic carbocycles.